The molecule has 0 heterocycles. The smallest absolute Gasteiger partial charge is 0.0533 e. The molecular weight excluding hydrogens is 140 g/mol. The summed E-state index contributed by atoms with van der Waals surface area (Å²) in [6.07, 6.45) is 7.50. The lowest BCUT2D eigenvalue weighted by Crippen LogP contribution is -3.00. The Morgan fingerprint density at radius 2 is 0.667 bits per heavy atom. The maximum Gasteiger partial charge on any atom is -0.0533 e. The summed E-state index contributed by atoms with van der Waals surface area (Å²) in [6.45, 7) is 0. The summed E-state index contributed by atoms with van der Waals surface area (Å²) in [5.41, 5.74) is 0. The summed E-state index contributed by atoms with van der Waals surface area (Å²) >= 11 is 0. The van der Waals surface area contributed by atoms with Gasteiger partial charge < -0.3 is 17.0 Å². The summed E-state index contributed by atoms with van der Waals surface area (Å²) in [7, 11) is 0. The molecule has 1 saturated carbocycles. The molecule has 1 aliphatic rings. The van der Waals surface area contributed by atoms with E-state index in [0.717, 1.165) is 0 Å². The van der Waals surface area contributed by atoms with Crippen LogP contribution in [-0.2, 0) is 0 Å². The first kappa shape index (κ1) is 6.48. The van der Waals surface area contributed by atoms with Gasteiger partial charge in [0.2, 0.25) is 0 Å². The van der Waals surface area contributed by atoms with Crippen molar-refractivity contribution in [3.8, 4) is 0 Å². The van der Waals surface area contributed by atoms with Crippen LogP contribution in [0.25, 0.3) is 0 Å². The third-order valence-corrected chi connectivity index (χ3v) is 1.25. The van der Waals surface area contributed by atoms with Gasteiger partial charge in [0.15, 0.2) is 0 Å². The minimum Gasteiger partial charge on any atom is -1.00 e. The fraction of sp³-hybridized carbons (Fsp3) is 1.00. The Balaban J connectivity index is 0.000000250. The van der Waals surface area contributed by atoms with Crippen LogP contribution in [0.4, 0.5) is 0 Å². The van der Waals surface area contributed by atoms with E-state index in [4.69, 9.17) is 0 Å². The first-order chi connectivity index (χ1) is 2.50. The van der Waals surface area contributed by atoms with Crippen molar-refractivity contribution in [2.45, 2.75) is 32.1 Å². The topological polar surface area (TPSA) is 0 Å². The Morgan fingerprint density at radius 1 is 0.500 bits per heavy atom. The molecule has 1 aliphatic carbocycles. The van der Waals surface area contributed by atoms with E-state index in [0.29, 0.717) is 0 Å². The van der Waals surface area contributed by atoms with Crippen molar-refractivity contribution in [1.82, 2.24) is 0 Å². The van der Waals surface area contributed by atoms with Crippen molar-refractivity contribution in [1.29, 1.82) is 0 Å². The van der Waals surface area contributed by atoms with Crippen LogP contribution in [0.3, 0.4) is 0 Å². The summed E-state index contributed by atoms with van der Waals surface area (Å²) in [5, 5.41) is 0. The number of rotatable bonds is 0. The molecule has 0 atom stereocenters. The van der Waals surface area contributed by atoms with Gasteiger partial charge in [0, 0.05) is 0 Å². The van der Waals surface area contributed by atoms with Gasteiger partial charge in [-0.25, -0.2) is 0 Å². The molecule has 0 bridgehead atoms. The van der Waals surface area contributed by atoms with Crippen LogP contribution in [-0.4, -0.2) is 0 Å². The van der Waals surface area contributed by atoms with Gasteiger partial charge in [0.25, 0.3) is 0 Å². The zero-order chi connectivity index (χ0) is 3.54. The van der Waals surface area contributed by atoms with Crippen LogP contribution in [0.5, 0.6) is 0 Å². The first-order valence-electron chi connectivity index (χ1n) is 2.50. The third-order valence-electron chi connectivity index (χ3n) is 1.25. The minimum atomic E-state index is 0. The maximum absolute atomic E-state index is 1.50. The van der Waals surface area contributed by atoms with Gasteiger partial charge in [0.1, 0.15) is 0 Å². The fourth-order valence-electron chi connectivity index (χ4n) is 0.884. The summed E-state index contributed by atoms with van der Waals surface area (Å²) in [4.78, 5) is 0. The standard InChI is InChI=1S/C5H10.BrH/c1-2-4-5-3-1;/h1-5H2;1H/p-1. The van der Waals surface area contributed by atoms with Crippen LogP contribution in [0.1, 0.15) is 32.1 Å². The molecule has 0 nitrogen and oxygen atoms in total. The molecule has 6 heavy (non-hydrogen) atoms. The Morgan fingerprint density at radius 3 is 0.833 bits per heavy atom. The Hall–Kier alpha value is 0.480. The molecule has 0 aromatic carbocycles. The van der Waals surface area contributed by atoms with E-state index in [1.54, 1.807) is 0 Å². The number of halogens is 1. The van der Waals surface area contributed by atoms with Crippen LogP contribution < -0.4 is 17.0 Å². The van der Waals surface area contributed by atoms with Crippen LogP contribution in [0.2, 0.25) is 0 Å². The highest BCUT2D eigenvalue weighted by molar-refractivity contribution is 4.51. The molecule has 1 rings (SSSR count). The molecule has 1 heteroatoms. The predicted octanol–water partition coefficient (Wildman–Crippen LogP) is -1.05. The molecule has 1 fully saturated rings. The quantitative estimate of drug-likeness (QED) is 0.413. The summed E-state index contributed by atoms with van der Waals surface area (Å²) in [5.74, 6) is 0. The van der Waals surface area contributed by atoms with E-state index >= 15 is 0 Å². The van der Waals surface area contributed by atoms with Gasteiger partial charge in [-0.05, 0) is 0 Å². The second kappa shape index (κ2) is 3.66. The highest BCUT2D eigenvalue weighted by atomic mass is 79.9. The zero-order valence-electron chi connectivity index (χ0n) is 3.91. The average molecular weight is 150 g/mol. The van der Waals surface area contributed by atoms with E-state index in [1.165, 1.54) is 32.1 Å². The van der Waals surface area contributed by atoms with Gasteiger partial charge in [-0.1, -0.05) is 32.1 Å². The molecule has 0 aromatic rings. The maximum atomic E-state index is 1.50. The van der Waals surface area contributed by atoms with Crippen molar-refractivity contribution in [3.05, 3.63) is 0 Å². The van der Waals surface area contributed by atoms with Crippen LogP contribution >= 0.6 is 0 Å². The van der Waals surface area contributed by atoms with Crippen LogP contribution in [0, 0.1) is 0 Å². The zero-order valence-corrected chi connectivity index (χ0v) is 5.50. The van der Waals surface area contributed by atoms with E-state index in [1.807, 2.05) is 0 Å². The molecule has 0 spiro atoms. The Bertz CT molecular complexity index is 15.5. The van der Waals surface area contributed by atoms with Gasteiger partial charge in [-0.15, -0.1) is 0 Å². The molecule has 0 amide bonds. The number of hydrogen-bond donors (Lipinski definition) is 0. The molecule has 0 aromatic heterocycles. The first-order valence-corrected chi connectivity index (χ1v) is 2.50. The largest absolute Gasteiger partial charge is 1.00 e. The van der Waals surface area contributed by atoms with E-state index in [2.05, 4.69) is 0 Å². The van der Waals surface area contributed by atoms with Gasteiger partial charge in [-0.2, -0.15) is 0 Å². The number of hydrogen-bond acceptors (Lipinski definition) is 0. The summed E-state index contributed by atoms with van der Waals surface area (Å²) < 4.78 is 0. The van der Waals surface area contributed by atoms with E-state index < -0.39 is 0 Å². The second-order valence-electron chi connectivity index (χ2n) is 1.77. The third kappa shape index (κ3) is 1.81. The molecule has 38 valence electrons. The minimum absolute atomic E-state index is 0. The second-order valence-corrected chi connectivity index (χ2v) is 1.77. The Kier molecular flexibility index (Phi) is 3.96. The molecule has 0 unspecified atom stereocenters. The molecule has 0 radical (unpaired) electrons. The molecule has 0 N–H and O–H groups in total. The monoisotopic (exact) mass is 149 g/mol. The van der Waals surface area contributed by atoms with E-state index in [9.17, 15) is 0 Å². The normalized spacial score (nSPS) is 20.0. The lowest BCUT2D eigenvalue weighted by molar-refractivity contribution is -0.00000111. The SMILES string of the molecule is C1CCCC1.[Br-]. The van der Waals surface area contributed by atoms with Crippen molar-refractivity contribution < 1.29 is 17.0 Å². The highest BCUT2D eigenvalue weighted by Crippen LogP contribution is 2.15. The van der Waals surface area contributed by atoms with Crippen molar-refractivity contribution >= 4 is 0 Å². The van der Waals surface area contributed by atoms with Crippen LogP contribution in [0.15, 0.2) is 0 Å². The predicted molar refractivity (Wildman–Crippen MR) is 23.1 cm³/mol. The lowest BCUT2D eigenvalue weighted by Gasteiger charge is -1.67. The summed E-state index contributed by atoms with van der Waals surface area (Å²) in [6, 6.07) is 0. The molecule has 0 saturated heterocycles. The van der Waals surface area contributed by atoms with Crippen molar-refractivity contribution in [3.63, 3.8) is 0 Å². The van der Waals surface area contributed by atoms with Gasteiger partial charge >= 0.3 is 0 Å². The van der Waals surface area contributed by atoms with Gasteiger partial charge in [0.05, 0.1) is 0 Å². The lowest BCUT2D eigenvalue weighted by atomic mass is 10.4. The molecule has 0 aliphatic heterocycles. The fourth-order valence-corrected chi connectivity index (χ4v) is 0.884. The van der Waals surface area contributed by atoms with Gasteiger partial charge in [-0.3, -0.25) is 0 Å². The average Bonchev–Trinajstić information content (AvgIpc) is 1.76. The highest BCUT2D eigenvalue weighted by Gasteiger charge is 1.95. The molecular formula is C5H10Br-. The van der Waals surface area contributed by atoms with Crippen molar-refractivity contribution in [2.24, 2.45) is 0 Å². The Labute approximate surface area is 49.7 Å². The van der Waals surface area contributed by atoms with Crippen molar-refractivity contribution in [2.75, 3.05) is 0 Å². The van der Waals surface area contributed by atoms with E-state index in [-0.39, 0.29) is 17.0 Å².